The fraction of sp³-hybridized carbons (Fsp3) is 0.364. The lowest BCUT2D eigenvalue weighted by molar-refractivity contribution is -0.136. The Morgan fingerprint density at radius 3 is 2.68 bits per heavy atom. The number of nitriles is 1. The van der Waals surface area contributed by atoms with Gasteiger partial charge in [-0.2, -0.15) is 5.26 Å². The molecular formula is C22H24N4O4S. The Hall–Kier alpha value is -3.25. The molecule has 1 fully saturated rings. The highest BCUT2D eigenvalue weighted by Gasteiger charge is 2.34. The number of anilines is 1. The molecule has 0 radical (unpaired) electrons. The largest absolute Gasteiger partial charge is 0.497 e. The summed E-state index contributed by atoms with van der Waals surface area (Å²) < 4.78 is 5.12. The number of pyridine rings is 1. The molecule has 8 nitrogen and oxygen atoms in total. The van der Waals surface area contributed by atoms with E-state index in [1.54, 1.807) is 50.1 Å². The number of hydrogen-bond donors (Lipinski definition) is 2. The van der Waals surface area contributed by atoms with Gasteiger partial charge in [0.05, 0.1) is 13.0 Å². The van der Waals surface area contributed by atoms with Crippen LogP contribution in [0.3, 0.4) is 0 Å². The molecule has 3 rings (SSSR count). The van der Waals surface area contributed by atoms with Crippen molar-refractivity contribution in [3.63, 3.8) is 0 Å². The van der Waals surface area contributed by atoms with E-state index in [9.17, 15) is 19.6 Å². The molecule has 0 spiro atoms. The van der Waals surface area contributed by atoms with Crippen LogP contribution in [0, 0.1) is 25.2 Å². The molecule has 1 aromatic carbocycles. The second-order valence-corrected chi connectivity index (χ2v) is 8.27. The van der Waals surface area contributed by atoms with E-state index < -0.39 is 11.6 Å². The number of thioether (sulfide) groups is 1. The highest BCUT2D eigenvalue weighted by atomic mass is 32.2. The normalized spacial score (nSPS) is 15.4. The third-order valence-corrected chi connectivity index (χ3v) is 6.38. The molecule has 2 heterocycles. The van der Waals surface area contributed by atoms with Gasteiger partial charge in [-0.3, -0.25) is 14.4 Å². The van der Waals surface area contributed by atoms with Crippen molar-refractivity contribution in [1.82, 2.24) is 9.88 Å². The van der Waals surface area contributed by atoms with Gasteiger partial charge in [0.25, 0.3) is 5.56 Å². The number of nitrogens with zero attached hydrogens (tertiary/aromatic N) is 2. The molecule has 2 amide bonds. The van der Waals surface area contributed by atoms with E-state index >= 15 is 0 Å². The number of methoxy groups -OCH3 is 1. The van der Waals surface area contributed by atoms with Gasteiger partial charge in [0.1, 0.15) is 23.4 Å². The predicted octanol–water partition coefficient (Wildman–Crippen LogP) is 2.34. The average Bonchev–Trinajstić information content (AvgIpc) is 3.24. The van der Waals surface area contributed by atoms with Crippen LogP contribution in [0.2, 0.25) is 0 Å². The van der Waals surface area contributed by atoms with E-state index in [0.29, 0.717) is 40.7 Å². The number of carbonyl (C=O) groups is 2. The van der Waals surface area contributed by atoms with Gasteiger partial charge in [0.15, 0.2) is 0 Å². The van der Waals surface area contributed by atoms with Crippen molar-refractivity contribution >= 4 is 29.3 Å². The van der Waals surface area contributed by atoms with E-state index in [1.165, 1.54) is 11.8 Å². The van der Waals surface area contributed by atoms with Crippen molar-refractivity contribution < 1.29 is 14.3 Å². The molecule has 1 saturated heterocycles. The monoisotopic (exact) mass is 440 g/mol. The summed E-state index contributed by atoms with van der Waals surface area (Å²) in [7, 11) is 1.57. The Balaban J connectivity index is 1.67. The lowest BCUT2D eigenvalue weighted by Crippen LogP contribution is -2.44. The van der Waals surface area contributed by atoms with Gasteiger partial charge in [-0.15, -0.1) is 11.8 Å². The van der Waals surface area contributed by atoms with E-state index in [0.717, 1.165) is 5.56 Å². The molecule has 9 heteroatoms. The van der Waals surface area contributed by atoms with Gasteiger partial charge >= 0.3 is 0 Å². The van der Waals surface area contributed by atoms with Crippen molar-refractivity contribution in [3.8, 4) is 11.8 Å². The quantitative estimate of drug-likeness (QED) is 0.712. The van der Waals surface area contributed by atoms with Crippen molar-refractivity contribution in [2.75, 3.05) is 24.1 Å². The number of aryl methyl sites for hydroxylation is 1. The number of ether oxygens (including phenoxy) is 1. The molecule has 0 aliphatic carbocycles. The maximum atomic E-state index is 12.9. The number of hydrogen-bond acceptors (Lipinski definition) is 6. The third-order valence-electron chi connectivity index (χ3n) is 5.37. The molecule has 162 valence electrons. The lowest BCUT2D eigenvalue weighted by atomic mass is 9.99. The summed E-state index contributed by atoms with van der Waals surface area (Å²) in [5, 5.41) is 12.1. The second kappa shape index (κ2) is 9.71. The van der Waals surface area contributed by atoms with Crippen LogP contribution in [-0.2, 0) is 16.0 Å². The minimum Gasteiger partial charge on any atom is -0.497 e. The van der Waals surface area contributed by atoms with Gasteiger partial charge in [-0.05, 0) is 55.7 Å². The fourth-order valence-electron chi connectivity index (χ4n) is 3.60. The molecule has 1 aliphatic rings. The first kappa shape index (κ1) is 22.4. The van der Waals surface area contributed by atoms with Crippen LogP contribution in [0.4, 0.5) is 5.69 Å². The molecule has 1 atom stereocenters. The third kappa shape index (κ3) is 4.91. The fourth-order valence-corrected chi connectivity index (χ4v) is 4.78. The summed E-state index contributed by atoms with van der Waals surface area (Å²) in [5.41, 5.74) is 2.33. The second-order valence-electron chi connectivity index (χ2n) is 7.27. The summed E-state index contributed by atoms with van der Waals surface area (Å²) in [6.07, 6.45) is 0.571. The van der Waals surface area contributed by atoms with Gasteiger partial charge in [-0.25, -0.2) is 0 Å². The first-order valence-corrected chi connectivity index (χ1v) is 11.0. The highest BCUT2D eigenvalue weighted by molar-refractivity contribution is 7.99. The van der Waals surface area contributed by atoms with Crippen LogP contribution in [0.5, 0.6) is 5.75 Å². The number of rotatable bonds is 6. The standard InChI is InChI=1S/C22H24N4O4S/c1-13-17(14(2)24-21(28)18(13)10-23)8-9-20(27)26-12-31-11-19(26)22(29)25-15-4-6-16(30-3)7-5-15/h4-7,19H,8-9,11-12H2,1-3H3,(H,24,28)(H,25,29). The smallest absolute Gasteiger partial charge is 0.266 e. The molecule has 1 aliphatic heterocycles. The molecule has 2 aromatic rings. The Morgan fingerprint density at radius 1 is 1.32 bits per heavy atom. The number of aromatic nitrogens is 1. The van der Waals surface area contributed by atoms with E-state index in [2.05, 4.69) is 10.3 Å². The van der Waals surface area contributed by atoms with Crippen LogP contribution in [-0.4, -0.2) is 46.5 Å². The summed E-state index contributed by atoms with van der Waals surface area (Å²) in [6.45, 7) is 3.48. The van der Waals surface area contributed by atoms with Gasteiger partial charge in [0, 0.05) is 23.6 Å². The molecule has 1 aromatic heterocycles. The summed E-state index contributed by atoms with van der Waals surface area (Å²) in [6, 6.07) is 8.39. The number of aromatic amines is 1. The van der Waals surface area contributed by atoms with E-state index in [-0.39, 0.29) is 23.8 Å². The molecule has 1 unspecified atom stereocenters. The van der Waals surface area contributed by atoms with Crippen molar-refractivity contribution in [2.45, 2.75) is 32.7 Å². The van der Waals surface area contributed by atoms with Crippen LogP contribution in [0.1, 0.15) is 28.8 Å². The molecular weight excluding hydrogens is 416 g/mol. The average molecular weight is 441 g/mol. The van der Waals surface area contributed by atoms with Gasteiger partial charge in [0.2, 0.25) is 11.8 Å². The van der Waals surface area contributed by atoms with E-state index in [4.69, 9.17) is 4.74 Å². The summed E-state index contributed by atoms with van der Waals surface area (Å²) in [4.78, 5) is 41.8. The minimum absolute atomic E-state index is 0.0709. The van der Waals surface area contributed by atoms with E-state index in [1.807, 2.05) is 6.07 Å². The Labute approximate surface area is 184 Å². The van der Waals surface area contributed by atoms with Gasteiger partial charge in [-0.1, -0.05) is 0 Å². The topological polar surface area (TPSA) is 115 Å². The number of benzene rings is 1. The zero-order chi connectivity index (χ0) is 22.5. The Morgan fingerprint density at radius 2 is 2.03 bits per heavy atom. The van der Waals surface area contributed by atoms with Crippen molar-refractivity contribution in [1.29, 1.82) is 5.26 Å². The number of nitrogens with one attached hydrogen (secondary N) is 2. The zero-order valence-corrected chi connectivity index (χ0v) is 18.5. The first-order chi connectivity index (χ1) is 14.8. The molecule has 2 N–H and O–H groups in total. The predicted molar refractivity (Wildman–Crippen MR) is 119 cm³/mol. The molecule has 0 saturated carbocycles. The Kier molecular flexibility index (Phi) is 7.02. The maximum Gasteiger partial charge on any atom is 0.266 e. The lowest BCUT2D eigenvalue weighted by Gasteiger charge is -2.23. The molecule has 0 bridgehead atoms. The van der Waals surface area contributed by atoms with Crippen LogP contribution in [0.25, 0.3) is 0 Å². The van der Waals surface area contributed by atoms with Crippen LogP contribution >= 0.6 is 11.8 Å². The van der Waals surface area contributed by atoms with Crippen molar-refractivity contribution in [3.05, 3.63) is 57.0 Å². The van der Waals surface area contributed by atoms with Crippen LogP contribution < -0.4 is 15.6 Å². The SMILES string of the molecule is COc1ccc(NC(=O)C2CSCN2C(=O)CCc2c(C)[nH]c(=O)c(C#N)c2C)cc1. The minimum atomic E-state index is -0.549. The van der Waals surface area contributed by atoms with Crippen molar-refractivity contribution in [2.24, 2.45) is 0 Å². The summed E-state index contributed by atoms with van der Waals surface area (Å²) in [5.74, 6) is 1.31. The highest BCUT2D eigenvalue weighted by Crippen LogP contribution is 2.25. The maximum absolute atomic E-state index is 12.9. The van der Waals surface area contributed by atoms with Gasteiger partial charge < -0.3 is 19.9 Å². The number of carbonyl (C=O) groups excluding carboxylic acids is 2. The zero-order valence-electron chi connectivity index (χ0n) is 17.7. The number of amides is 2. The Bertz CT molecular complexity index is 1090. The summed E-state index contributed by atoms with van der Waals surface area (Å²) >= 11 is 1.53. The molecule has 31 heavy (non-hydrogen) atoms. The van der Waals surface area contributed by atoms with Crippen LogP contribution in [0.15, 0.2) is 29.1 Å². The first-order valence-electron chi connectivity index (χ1n) is 9.80. The number of H-pyrrole nitrogens is 1.